The Bertz CT molecular complexity index is 787. The second-order valence-corrected chi connectivity index (χ2v) is 6.64. The lowest BCUT2D eigenvalue weighted by molar-refractivity contribution is 0.257. The van der Waals surface area contributed by atoms with Gasteiger partial charge in [-0.2, -0.15) is 0 Å². The van der Waals surface area contributed by atoms with Gasteiger partial charge in [0.25, 0.3) is 0 Å². The van der Waals surface area contributed by atoms with E-state index in [1.165, 1.54) is 11.9 Å². The minimum atomic E-state index is -0.143. The molecule has 0 radical (unpaired) electrons. The van der Waals surface area contributed by atoms with Gasteiger partial charge in [0.05, 0.1) is 0 Å². The Hall–Kier alpha value is -2.67. The summed E-state index contributed by atoms with van der Waals surface area (Å²) in [6.45, 7) is 7.91. The van der Waals surface area contributed by atoms with Crippen LogP contribution in [0.25, 0.3) is 0 Å². The molecule has 2 aliphatic heterocycles. The minimum Gasteiger partial charge on any atom is -0.354 e. The van der Waals surface area contributed by atoms with Crippen molar-refractivity contribution in [3.8, 4) is 0 Å². The third-order valence-electron chi connectivity index (χ3n) is 5.16. The fourth-order valence-corrected chi connectivity index (χ4v) is 3.61. The molecule has 0 unspecified atom stereocenters. The van der Waals surface area contributed by atoms with E-state index in [1.54, 1.807) is 4.90 Å². The molecule has 2 aliphatic rings. The van der Waals surface area contributed by atoms with Crippen molar-refractivity contribution in [2.75, 3.05) is 54.4 Å². The first-order valence-corrected chi connectivity index (χ1v) is 9.20. The predicted octanol–water partition coefficient (Wildman–Crippen LogP) is 2.21. The van der Waals surface area contributed by atoms with Gasteiger partial charge in [-0.25, -0.2) is 14.8 Å². The van der Waals surface area contributed by atoms with Crippen LogP contribution in [0, 0.1) is 0 Å². The zero-order valence-corrected chi connectivity index (χ0v) is 15.1. The summed E-state index contributed by atoms with van der Waals surface area (Å²) < 4.78 is 0. The van der Waals surface area contributed by atoms with E-state index in [9.17, 15) is 4.79 Å². The molecule has 2 amide bonds. The Balaban J connectivity index is 1.44. The number of benzene rings is 1. The molecule has 1 fully saturated rings. The summed E-state index contributed by atoms with van der Waals surface area (Å²) in [6, 6.07) is 9.75. The van der Waals surface area contributed by atoms with Crippen molar-refractivity contribution in [2.45, 2.75) is 13.3 Å². The molecule has 0 saturated carbocycles. The molecule has 1 saturated heterocycles. The lowest BCUT2D eigenvalue weighted by Crippen LogP contribution is -2.46. The average molecular weight is 352 g/mol. The Kier molecular flexibility index (Phi) is 4.71. The van der Waals surface area contributed by atoms with E-state index in [0.29, 0.717) is 12.4 Å². The van der Waals surface area contributed by atoms with Gasteiger partial charge in [0.1, 0.15) is 18.0 Å². The van der Waals surface area contributed by atoms with Crippen LogP contribution in [0.4, 0.5) is 22.1 Å². The van der Waals surface area contributed by atoms with Crippen molar-refractivity contribution in [1.82, 2.24) is 14.9 Å². The van der Waals surface area contributed by atoms with Crippen LogP contribution in [0.2, 0.25) is 0 Å². The first kappa shape index (κ1) is 16.8. The first-order valence-electron chi connectivity index (χ1n) is 9.20. The molecule has 3 heterocycles. The van der Waals surface area contributed by atoms with E-state index in [1.807, 2.05) is 24.3 Å². The number of amides is 2. The molecule has 1 aromatic heterocycles. The molecular formula is C19H24N6O. The molecule has 2 aromatic rings. The smallest absolute Gasteiger partial charge is 0.327 e. The van der Waals surface area contributed by atoms with Gasteiger partial charge in [0.2, 0.25) is 0 Å². The van der Waals surface area contributed by atoms with Crippen molar-refractivity contribution in [3.05, 3.63) is 42.2 Å². The Morgan fingerprint density at radius 1 is 1.12 bits per heavy atom. The number of hydrogen-bond donors (Lipinski definition) is 1. The molecule has 1 N–H and O–H groups in total. The predicted molar refractivity (Wildman–Crippen MR) is 103 cm³/mol. The third kappa shape index (κ3) is 3.35. The quantitative estimate of drug-likeness (QED) is 0.918. The number of fused-ring (bicyclic) bond motifs is 1. The Morgan fingerprint density at radius 3 is 2.73 bits per heavy atom. The summed E-state index contributed by atoms with van der Waals surface area (Å²) in [6.07, 6.45) is 2.41. The lowest BCUT2D eigenvalue weighted by Gasteiger charge is -2.34. The van der Waals surface area contributed by atoms with E-state index in [0.717, 1.165) is 50.6 Å². The SMILES string of the molecule is CCN1CCN(c2cc(NC(=O)N3CCc4ccccc43)ncn2)CC1. The molecule has 136 valence electrons. The van der Waals surface area contributed by atoms with Crippen molar-refractivity contribution in [2.24, 2.45) is 0 Å². The molecule has 7 nitrogen and oxygen atoms in total. The number of rotatable bonds is 3. The number of carbonyl (C=O) groups is 1. The van der Waals surface area contributed by atoms with Gasteiger partial charge in [-0.1, -0.05) is 25.1 Å². The summed E-state index contributed by atoms with van der Waals surface area (Å²) in [4.78, 5) is 27.7. The molecule has 0 aliphatic carbocycles. The molecule has 0 bridgehead atoms. The van der Waals surface area contributed by atoms with E-state index < -0.39 is 0 Å². The number of nitrogens with zero attached hydrogens (tertiary/aromatic N) is 5. The number of urea groups is 1. The Labute approximate surface area is 153 Å². The molecule has 4 rings (SSSR count). The number of para-hydroxylation sites is 1. The van der Waals surface area contributed by atoms with Crippen LogP contribution in [0.5, 0.6) is 0 Å². The maximum absolute atomic E-state index is 12.7. The molecule has 26 heavy (non-hydrogen) atoms. The van der Waals surface area contributed by atoms with Crippen LogP contribution < -0.4 is 15.1 Å². The van der Waals surface area contributed by atoms with Crippen LogP contribution in [0.1, 0.15) is 12.5 Å². The molecule has 0 atom stereocenters. The number of nitrogens with one attached hydrogen (secondary N) is 1. The van der Waals surface area contributed by atoms with Gasteiger partial charge in [-0.15, -0.1) is 0 Å². The highest BCUT2D eigenvalue weighted by molar-refractivity contribution is 6.02. The standard InChI is InChI=1S/C19H24N6O/c1-2-23-9-11-24(12-10-23)18-13-17(20-14-21-18)22-19(26)25-8-7-15-5-3-4-6-16(15)25/h3-6,13-14H,2,7-12H2,1H3,(H,20,21,22,26). The van der Waals surface area contributed by atoms with Crippen molar-refractivity contribution >= 4 is 23.4 Å². The highest BCUT2D eigenvalue weighted by Gasteiger charge is 2.24. The average Bonchev–Trinajstić information content (AvgIpc) is 3.12. The summed E-state index contributed by atoms with van der Waals surface area (Å²) in [7, 11) is 0. The van der Waals surface area contributed by atoms with Gasteiger partial charge < -0.3 is 9.80 Å². The molecule has 0 spiro atoms. The Morgan fingerprint density at radius 2 is 1.92 bits per heavy atom. The van der Waals surface area contributed by atoms with E-state index in [4.69, 9.17) is 0 Å². The fraction of sp³-hybridized carbons (Fsp3) is 0.421. The van der Waals surface area contributed by atoms with Crippen molar-refractivity contribution in [1.29, 1.82) is 0 Å². The number of likely N-dealkylation sites (N-methyl/N-ethyl adjacent to an activating group) is 1. The molecule has 7 heteroatoms. The van der Waals surface area contributed by atoms with Crippen molar-refractivity contribution < 1.29 is 4.79 Å². The lowest BCUT2D eigenvalue weighted by atomic mass is 10.2. The molecular weight excluding hydrogens is 328 g/mol. The van der Waals surface area contributed by atoms with Crippen LogP contribution >= 0.6 is 0 Å². The second-order valence-electron chi connectivity index (χ2n) is 6.64. The van der Waals surface area contributed by atoms with Gasteiger partial charge >= 0.3 is 6.03 Å². The number of aromatic nitrogens is 2. The van der Waals surface area contributed by atoms with E-state index in [-0.39, 0.29) is 6.03 Å². The summed E-state index contributed by atoms with van der Waals surface area (Å²) in [5.41, 5.74) is 2.19. The van der Waals surface area contributed by atoms with Gasteiger partial charge in [-0.05, 0) is 24.6 Å². The monoisotopic (exact) mass is 352 g/mol. The van der Waals surface area contributed by atoms with Gasteiger partial charge in [-0.3, -0.25) is 10.2 Å². The number of piperazine rings is 1. The number of carbonyl (C=O) groups excluding carboxylic acids is 1. The maximum atomic E-state index is 12.7. The van der Waals surface area contributed by atoms with Crippen LogP contribution in [-0.4, -0.2) is 60.2 Å². The summed E-state index contributed by atoms with van der Waals surface area (Å²) >= 11 is 0. The topological polar surface area (TPSA) is 64.6 Å². The van der Waals surface area contributed by atoms with Crippen LogP contribution in [0.15, 0.2) is 36.7 Å². The van der Waals surface area contributed by atoms with Crippen molar-refractivity contribution in [3.63, 3.8) is 0 Å². The number of anilines is 3. The van der Waals surface area contributed by atoms with Crippen LogP contribution in [0.3, 0.4) is 0 Å². The minimum absolute atomic E-state index is 0.143. The maximum Gasteiger partial charge on any atom is 0.327 e. The largest absolute Gasteiger partial charge is 0.354 e. The highest BCUT2D eigenvalue weighted by Crippen LogP contribution is 2.28. The number of hydrogen-bond acceptors (Lipinski definition) is 5. The van der Waals surface area contributed by atoms with Crippen LogP contribution in [-0.2, 0) is 6.42 Å². The second kappa shape index (κ2) is 7.29. The zero-order chi connectivity index (χ0) is 17.9. The highest BCUT2D eigenvalue weighted by atomic mass is 16.2. The third-order valence-corrected chi connectivity index (χ3v) is 5.16. The van der Waals surface area contributed by atoms with Gasteiger partial charge in [0.15, 0.2) is 0 Å². The van der Waals surface area contributed by atoms with E-state index >= 15 is 0 Å². The summed E-state index contributed by atoms with van der Waals surface area (Å²) in [5.74, 6) is 1.41. The first-order chi connectivity index (χ1) is 12.7. The summed E-state index contributed by atoms with van der Waals surface area (Å²) in [5, 5.41) is 2.92. The fourth-order valence-electron chi connectivity index (χ4n) is 3.61. The zero-order valence-electron chi connectivity index (χ0n) is 15.1. The van der Waals surface area contributed by atoms with E-state index in [2.05, 4.69) is 38.1 Å². The normalized spacial score (nSPS) is 17.3. The molecule has 1 aromatic carbocycles. The van der Waals surface area contributed by atoms with Gasteiger partial charge in [0, 0.05) is 44.5 Å².